The highest BCUT2D eigenvalue weighted by molar-refractivity contribution is 5.54. The smallest absolute Gasteiger partial charge is 0.366 e. The lowest BCUT2D eigenvalue weighted by Gasteiger charge is -2.21. The predicted molar refractivity (Wildman–Crippen MR) is 108 cm³/mol. The maximum absolute atomic E-state index is 12.9. The molecule has 5 nitrogen and oxygen atoms in total. The molecule has 0 saturated carbocycles. The van der Waals surface area contributed by atoms with Crippen LogP contribution in [0, 0.1) is 0 Å². The minimum absolute atomic E-state index is 0.0446. The van der Waals surface area contributed by atoms with Gasteiger partial charge in [0.1, 0.15) is 0 Å². The highest BCUT2D eigenvalue weighted by atomic mass is 19.4. The Hall–Kier alpha value is -2.06. The van der Waals surface area contributed by atoms with E-state index in [1.165, 1.54) is 6.07 Å². The standard InChI is InChI=1S/C20H31F3N4O/c1-6-17(25-18-10-8-9-16(13-18)20(21,22)23)11-12-19(26-28-5)15(3)24-14-27(4)7-2/h8-11,13-15,19,25-26H,6-7,12H2,1-5H3/b17-11+,24-14?/t15-,19?/m0/s1. The number of anilines is 1. The molecule has 0 fully saturated rings. The van der Waals surface area contributed by atoms with Gasteiger partial charge in [0.25, 0.3) is 0 Å². The summed E-state index contributed by atoms with van der Waals surface area (Å²) >= 11 is 0. The minimum atomic E-state index is -4.36. The van der Waals surface area contributed by atoms with Gasteiger partial charge in [0.05, 0.1) is 31.1 Å². The molecule has 0 aliphatic rings. The first kappa shape index (κ1) is 24.0. The Kier molecular flexibility index (Phi) is 10.0. The van der Waals surface area contributed by atoms with Crippen molar-refractivity contribution >= 4 is 12.0 Å². The first-order chi connectivity index (χ1) is 13.2. The van der Waals surface area contributed by atoms with E-state index in [9.17, 15) is 13.2 Å². The van der Waals surface area contributed by atoms with Crippen LogP contribution in [0.2, 0.25) is 0 Å². The van der Waals surface area contributed by atoms with Crippen molar-refractivity contribution in [2.45, 2.75) is 51.9 Å². The normalized spacial score (nSPS) is 14.9. The number of halogens is 3. The summed E-state index contributed by atoms with van der Waals surface area (Å²) in [6, 6.07) is 5.08. The van der Waals surface area contributed by atoms with Gasteiger partial charge in [-0.15, -0.1) is 0 Å². The molecule has 0 radical (unpaired) electrons. The fourth-order valence-corrected chi connectivity index (χ4v) is 2.41. The topological polar surface area (TPSA) is 48.9 Å². The zero-order chi connectivity index (χ0) is 21.2. The maximum Gasteiger partial charge on any atom is 0.416 e. The van der Waals surface area contributed by atoms with Crippen LogP contribution in [-0.2, 0) is 11.0 Å². The van der Waals surface area contributed by atoms with Crippen LogP contribution in [0.4, 0.5) is 18.9 Å². The highest BCUT2D eigenvalue weighted by Gasteiger charge is 2.30. The largest absolute Gasteiger partial charge is 0.416 e. The van der Waals surface area contributed by atoms with Crippen LogP contribution >= 0.6 is 0 Å². The third-order valence-corrected chi connectivity index (χ3v) is 4.34. The molecule has 1 aromatic carbocycles. The van der Waals surface area contributed by atoms with Crippen LogP contribution in [-0.4, -0.2) is 44.0 Å². The number of benzene rings is 1. The van der Waals surface area contributed by atoms with Gasteiger partial charge in [0.2, 0.25) is 0 Å². The summed E-state index contributed by atoms with van der Waals surface area (Å²) in [5.74, 6) is 0. The van der Waals surface area contributed by atoms with E-state index in [4.69, 9.17) is 4.84 Å². The summed E-state index contributed by atoms with van der Waals surface area (Å²) in [4.78, 5) is 11.6. The van der Waals surface area contributed by atoms with Crippen LogP contribution in [0.3, 0.4) is 0 Å². The molecule has 0 aromatic heterocycles. The third kappa shape index (κ3) is 8.31. The molecule has 0 aliphatic carbocycles. The van der Waals surface area contributed by atoms with E-state index >= 15 is 0 Å². The van der Waals surface area contributed by atoms with E-state index in [0.29, 0.717) is 18.5 Å². The SMILES string of the molecule is CC/C(=C\CC(NOC)[C@H](C)N=CN(C)CC)Nc1cccc(C(F)(F)F)c1. The number of aliphatic imine (C=N–C) groups is 1. The van der Waals surface area contributed by atoms with E-state index in [2.05, 4.69) is 15.8 Å². The fourth-order valence-electron chi connectivity index (χ4n) is 2.41. The summed E-state index contributed by atoms with van der Waals surface area (Å²) in [6.45, 7) is 6.83. The molecule has 1 unspecified atom stereocenters. The van der Waals surface area contributed by atoms with Crippen LogP contribution in [0.25, 0.3) is 0 Å². The number of rotatable bonds is 11. The molecule has 8 heteroatoms. The molecule has 0 spiro atoms. The average molecular weight is 400 g/mol. The Labute approximate surface area is 165 Å². The van der Waals surface area contributed by atoms with Gasteiger partial charge in [-0.25, -0.2) is 0 Å². The van der Waals surface area contributed by atoms with Crippen molar-refractivity contribution in [3.63, 3.8) is 0 Å². The number of hydroxylamine groups is 1. The number of allylic oxidation sites excluding steroid dienone is 1. The first-order valence-corrected chi connectivity index (χ1v) is 9.36. The van der Waals surface area contributed by atoms with Crippen LogP contribution in [0.1, 0.15) is 39.2 Å². The van der Waals surface area contributed by atoms with Crippen molar-refractivity contribution in [3.05, 3.63) is 41.6 Å². The molecular weight excluding hydrogens is 369 g/mol. The molecule has 1 aromatic rings. The predicted octanol–water partition coefficient (Wildman–Crippen LogP) is 4.69. The monoisotopic (exact) mass is 400 g/mol. The second-order valence-electron chi connectivity index (χ2n) is 6.53. The van der Waals surface area contributed by atoms with Crippen molar-refractivity contribution in [2.24, 2.45) is 4.99 Å². The van der Waals surface area contributed by atoms with E-state index in [0.717, 1.165) is 24.4 Å². The summed E-state index contributed by atoms with van der Waals surface area (Å²) < 4.78 is 38.7. The molecule has 0 bridgehead atoms. The highest BCUT2D eigenvalue weighted by Crippen LogP contribution is 2.31. The fraction of sp³-hybridized carbons (Fsp3) is 0.550. The van der Waals surface area contributed by atoms with Crippen molar-refractivity contribution in [3.8, 4) is 0 Å². The third-order valence-electron chi connectivity index (χ3n) is 4.34. The second kappa shape index (κ2) is 11.7. The number of hydrogen-bond acceptors (Lipinski definition) is 4. The lowest BCUT2D eigenvalue weighted by atomic mass is 10.1. The van der Waals surface area contributed by atoms with Gasteiger partial charge in [-0.2, -0.15) is 18.7 Å². The Morgan fingerprint density at radius 2 is 2.04 bits per heavy atom. The van der Waals surface area contributed by atoms with E-state index in [-0.39, 0.29) is 12.1 Å². The molecule has 0 amide bonds. The molecule has 2 atom stereocenters. The Balaban J connectivity index is 2.85. The van der Waals surface area contributed by atoms with Crippen molar-refractivity contribution in [2.75, 3.05) is 26.0 Å². The van der Waals surface area contributed by atoms with Gasteiger partial charge in [-0.3, -0.25) is 4.99 Å². The van der Waals surface area contributed by atoms with Crippen molar-refractivity contribution in [1.82, 2.24) is 10.4 Å². The van der Waals surface area contributed by atoms with Gasteiger partial charge < -0.3 is 15.1 Å². The molecule has 158 valence electrons. The summed E-state index contributed by atoms with van der Waals surface area (Å²) in [5.41, 5.74) is 3.52. The molecule has 1 rings (SSSR count). The quantitative estimate of drug-likeness (QED) is 0.321. The lowest BCUT2D eigenvalue weighted by molar-refractivity contribution is -0.137. The van der Waals surface area contributed by atoms with Gasteiger partial charge >= 0.3 is 6.18 Å². The van der Waals surface area contributed by atoms with Crippen LogP contribution < -0.4 is 10.8 Å². The van der Waals surface area contributed by atoms with Crippen LogP contribution in [0.15, 0.2) is 41.0 Å². The Morgan fingerprint density at radius 1 is 1.32 bits per heavy atom. The first-order valence-electron chi connectivity index (χ1n) is 9.36. The number of hydrogen-bond donors (Lipinski definition) is 2. The molecule has 2 N–H and O–H groups in total. The van der Waals surface area contributed by atoms with Gasteiger partial charge in [0, 0.05) is 25.0 Å². The number of alkyl halides is 3. The van der Waals surface area contributed by atoms with Crippen molar-refractivity contribution < 1.29 is 18.0 Å². The maximum atomic E-state index is 12.9. The lowest BCUT2D eigenvalue weighted by Crippen LogP contribution is -2.37. The molecular formula is C20H31F3N4O. The minimum Gasteiger partial charge on any atom is -0.366 e. The zero-order valence-electron chi connectivity index (χ0n) is 17.2. The van der Waals surface area contributed by atoms with Gasteiger partial charge in [0.15, 0.2) is 0 Å². The molecule has 0 aliphatic heterocycles. The van der Waals surface area contributed by atoms with E-state index < -0.39 is 11.7 Å². The number of nitrogens with one attached hydrogen (secondary N) is 2. The van der Waals surface area contributed by atoms with Crippen LogP contribution in [0.5, 0.6) is 0 Å². The molecule has 28 heavy (non-hydrogen) atoms. The second-order valence-corrected chi connectivity index (χ2v) is 6.53. The Bertz CT molecular complexity index is 647. The van der Waals surface area contributed by atoms with E-state index in [1.807, 2.05) is 38.8 Å². The van der Waals surface area contributed by atoms with E-state index in [1.54, 1.807) is 19.5 Å². The van der Waals surface area contributed by atoms with Gasteiger partial charge in [-0.1, -0.05) is 19.1 Å². The van der Waals surface area contributed by atoms with Crippen molar-refractivity contribution in [1.29, 1.82) is 0 Å². The van der Waals surface area contributed by atoms with Gasteiger partial charge in [-0.05, 0) is 44.9 Å². The molecule has 0 saturated heterocycles. The summed E-state index contributed by atoms with van der Waals surface area (Å²) in [7, 11) is 3.50. The average Bonchev–Trinajstić information content (AvgIpc) is 2.67. The molecule has 0 heterocycles. The zero-order valence-corrected chi connectivity index (χ0v) is 17.2. The summed E-state index contributed by atoms with van der Waals surface area (Å²) in [5, 5.41) is 3.08. The Morgan fingerprint density at radius 3 is 2.61 bits per heavy atom. The number of nitrogens with zero attached hydrogens (tertiary/aromatic N) is 2. The summed E-state index contributed by atoms with van der Waals surface area (Å²) in [6.07, 6.45) is 0.663.